The van der Waals surface area contributed by atoms with Crippen LogP contribution in [0.25, 0.3) is 0 Å². The summed E-state index contributed by atoms with van der Waals surface area (Å²) in [6.07, 6.45) is 0.521. The van der Waals surface area contributed by atoms with Crippen LogP contribution in [0.5, 0.6) is 0 Å². The van der Waals surface area contributed by atoms with E-state index in [0.29, 0.717) is 37.3 Å². The van der Waals surface area contributed by atoms with Gasteiger partial charge >= 0.3 is 0 Å². The van der Waals surface area contributed by atoms with Crippen LogP contribution in [0.2, 0.25) is 0 Å². The zero-order chi connectivity index (χ0) is 18.0. The topological polar surface area (TPSA) is 84.9 Å². The van der Waals surface area contributed by atoms with E-state index in [0.717, 1.165) is 4.31 Å². The van der Waals surface area contributed by atoms with Gasteiger partial charge in [-0.3, -0.25) is 4.79 Å². The van der Waals surface area contributed by atoms with Gasteiger partial charge in [0.05, 0.1) is 18.1 Å². The molecule has 1 aromatic carbocycles. The molecule has 134 valence electrons. The SMILES string of the molecule is Cc1ccc(C(=O)NCCC2(C)OCCO2)cc1S(=O)(=O)N(C)C. The predicted octanol–water partition coefficient (Wildman–Crippen LogP) is 1.13. The Hall–Kier alpha value is -1.48. The number of carbonyl (C=O) groups excluding carboxylic acids is 1. The lowest BCUT2D eigenvalue weighted by Gasteiger charge is -2.22. The summed E-state index contributed by atoms with van der Waals surface area (Å²) in [5, 5.41) is 2.77. The summed E-state index contributed by atoms with van der Waals surface area (Å²) >= 11 is 0. The van der Waals surface area contributed by atoms with Gasteiger partial charge in [-0.1, -0.05) is 6.07 Å². The second-order valence-electron chi connectivity index (χ2n) is 6.10. The van der Waals surface area contributed by atoms with E-state index < -0.39 is 15.8 Å². The van der Waals surface area contributed by atoms with Crippen molar-refractivity contribution in [2.45, 2.75) is 31.0 Å². The fourth-order valence-electron chi connectivity index (χ4n) is 2.42. The van der Waals surface area contributed by atoms with Crippen molar-refractivity contribution < 1.29 is 22.7 Å². The molecule has 0 radical (unpaired) electrons. The zero-order valence-electron chi connectivity index (χ0n) is 14.5. The van der Waals surface area contributed by atoms with Crippen LogP contribution in [0.15, 0.2) is 23.1 Å². The Morgan fingerprint density at radius 1 is 1.29 bits per heavy atom. The molecule has 24 heavy (non-hydrogen) atoms. The van der Waals surface area contributed by atoms with Gasteiger partial charge in [0.2, 0.25) is 10.0 Å². The molecule has 8 heteroatoms. The minimum Gasteiger partial charge on any atom is -0.352 e. The van der Waals surface area contributed by atoms with E-state index in [1.807, 2.05) is 6.92 Å². The Labute approximate surface area is 143 Å². The van der Waals surface area contributed by atoms with E-state index in [4.69, 9.17) is 9.47 Å². The number of ether oxygens (including phenoxy) is 2. The highest BCUT2D eigenvalue weighted by Crippen LogP contribution is 2.22. The molecule has 1 saturated heterocycles. The number of nitrogens with one attached hydrogen (secondary N) is 1. The first kappa shape index (κ1) is 18.9. The summed E-state index contributed by atoms with van der Waals surface area (Å²) in [6.45, 7) is 5.01. The first-order valence-corrected chi connectivity index (χ1v) is 9.19. The lowest BCUT2D eigenvalue weighted by molar-refractivity contribution is -0.145. The zero-order valence-corrected chi connectivity index (χ0v) is 15.3. The van der Waals surface area contributed by atoms with Crippen molar-refractivity contribution >= 4 is 15.9 Å². The summed E-state index contributed by atoms with van der Waals surface area (Å²) in [7, 11) is -0.669. The smallest absolute Gasteiger partial charge is 0.251 e. The van der Waals surface area contributed by atoms with Gasteiger partial charge in [-0.25, -0.2) is 12.7 Å². The molecule has 0 saturated carbocycles. The maximum atomic E-state index is 12.3. The molecule has 0 spiro atoms. The van der Waals surface area contributed by atoms with Crippen molar-refractivity contribution in [2.24, 2.45) is 0 Å². The molecular weight excluding hydrogens is 332 g/mol. The third-order valence-electron chi connectivity index (χ3n) is 3.97. The standard InChI is InChI=1S/C16H24N2O5S/c1-12-5-6-13(11-14(12)24(20,21)18(3)4)15(19)17-8-7-16(2)22-9-10-23-16/h5-6,11H,7-10H2,1-4H3,(H,17,19). The number of rotatable bonds is 6. The molecule has 1 aromatic rings. The normalized spacial score (nSPS) is 17.2. The maximum Gasteiger partial charge on any atom is 0.251 e. The van der Waals surface area contributed by atoms with Crippen molar-refractivity contribution in [1.82, 2.24) is 9.62 Å². The van der Waals surface area contributed by atoms with E-state index in [1.165, 1.54) is 20.2 Å². The minimum atomic E-state index is -3.59. The van der Waals surface area contributed by atoms with Gasteiger partial charge in [-0.2, -0.15) is 0 Å². The second-order valence-corrected chi connectivity index (χ2v) is 8.22. The van der Waals surface area contributed by atoms with Crippen molar-refractivity contribution in [3.63, 3.8) is 0 Å². The van der Waals surface area contributed by atoms with Crippen LogP contribution in [0.1, 0.15) is 29.3 Å². The second kappa shape index (κ2) is 7.18. The fraction of sp³-hybridized carbons (Fsp3) is 0.562. The largest absolute Gasteiger partial charge is 0.352 e. The van der Waals surface area contributed by atoms with Gasteiger partial charge in [0, 0.05) is 32.6 Å². The molecule has 2 rings (SSSR count). The Morgan fingerprint density at radius 2 is 1.92 bits per heavy atom. The molecule has 0 bridgehead atoms. The van der Waals surface area contributed by atoms with Gasteiger partial charge in [0.25, 0.3) is 5.91 Å². The van der Waals surface area contributed by atoms with Gasteiger partial charge < -0.3 is 14.8 Å². The van der Waals surface area contributed by atoms with Gasteiger partial charge in [0.15, 0.2) is 5.79 Å². The summed E-state index contributed by atoms with van der Waals surface area (Å²) in [5.74, 6) is -0.994. The van der Waals surface area contributed by atoms with Gasteiger partial charge in [0.1, 0.15) is 0 Å². The van der Waals surface area contributed by atoms with E-state index in [2.05, 4.69) is 5.32 Å². The molecule has 1 heterocycles. The number of carbonyl (C=O) groups is 1. The average molecular weight is 356 g/mol. The minimum absolute atomic E-state index is 0.134. The first-order valence-electron chi connectivity index (χ1n) is 7.75. The monoisotopic (exact) mass is 356 g/mol. The Bertz CT molecular complexity index is 709. The summed E-state index contributed by atoms with van der Waals surface area (Å²) < 4.78 is 36.7. The van der Waals surface area contributed by atoms with Crippen LogP contribution >= 0.6 is 0 Å². The van der Waals surface area contributed by atoms with E-state index in [-0.39, 0.29) is 10.8 Å². The van der Waals surface area contributed by atoms with E-state index >= 15 is 0 Å². The molecule has 0 unspecified atom stereocenters. The molecule has 7 nitrogen and oxygen atoms in total. The third-order valence-corrected chi connectivity index (χ3v) is 5.93. The van der Waals surface area contributed by atoms with Crippen molar-refractivity contribution in [2.75, 3.05) is 33.9 Å². The van der Waals surface area contributed by atoms with Crippen LogP contribution in [0.4, 0.5) is 0 Å². The van der Waals surface area contributed by atoms with Crippen LogP contribution < -0.4 is 5.32 Å². The lowest BCUT2D eigenvalue weighted by atomic mass is 10.1. The van der Waals surface area contributed by atoms with E-state index in [1.54, 1.807) is 19.1 Å². The number of aryl methyl sites for hydroxylation is 1. The highest BCUT2D eigenvalue weighted by Gasteiger charge is 2.30. The summed E-state index contributed by atoms with van der Waals surface area (Å²) in [4.78, 5) is 12.4. The lowest BCUT2D eigenvalue weighted by Crippen LogP contribution is -2.33. The number of hydrogen-bond acceptors (Lipinski definition) is 5. The average Bonchev–Trinajstić information content (AvgIpc) is 2.94. The number of amides is 1. The first-order chi connectivity index (χ1) is 11.2. The number of hydrogen-bond donors (Lipinski definition) is 1. The Balaban J connectivity index is 2.07. The molecule has 1 fully saturated rings. The molecular formula is C16H24N2O5S. The van der Waals surface area contributed by atoms with Crippen molar-refractivity contribution in [1.29, 1.82) is 0 Å². The Kier molecular flexibility index (Phi) is 5.64. The molecule has 0 atom stereocenters. The number of nitrogens with zero attached hydrogens (tertiary/aromatic N) is 1. The quantitative estimate of drug-likeness (QED) is 0.826. The molecule has 0 aliphatic carbocycles. The van der Waals surface area contributed by atoms with Crippen molar-refractivity contribution in [3.05, 3.63) is 29.3 Å². The van der Waals surface area contributed by atoms with Crippen LogP contribution in [-0.2, 0) is 19.5 Å². The highest BCUT2D eigenvalue weighted by atomic mass is 32.2. The van der Waals surface area contributed by atoms with Crippen LogP contribution in [0, 0.1) is 6.92 Å². The van der Waals surface area contributed by atoms with Crippen LogP contribution in [0.3, 0.4) is 0 Å². The van der Waals surface area contributed by atoms with Gasteiger partial charge in [-0.15, -0.1) is 0 Å². The highest BCUT2D eigenvalue weighted by molar-refractivity contribution is 7.89. The third kappa shape index (κ3) is 4.13. The van der Waals surface area contributed by atoms with Crippen LogP contribution in [-0.4, -0.2) is 58.3 Å². The molecule has 0 aromatic heterocycles. The predicted molar refractivity (Wildman–Crippen MR) is 89.3 cm³/mol. The Morgan fingerprint density at radius 3 is 2.50 bits per heavy atom. The summed E-state index contributed by atoms with van der Waals surface area (Å²) in [5.41, 5.74) is 0.903. The maximum absolute atomic E-state index is 12.3. The number of benzene rings is 1. The number of sulfonamides is 1. The van der Waals surface area contributed by atoms with Gasteiger partial charge in [-0.05, 0) is 31.5 Å². The fourth-order valence-corrected chi connectivity index (χ4v) is 3.57. The molecule has 1 aliphatic heterocycles. The summed E-state index contributed by atoms with van der Waals surface area (Å²) in [6, 6.07) is 4.66. The molecule has 1 aliphatic rings. The molecule has 1 N–H and O–H groups in total. The van der Waals surface area contributed by atoms with Crippen molar-refractivity contribution in [3.8, 4) is 0 Å². The molecule has 1 amide bonds. The van der Waals surface area contributed by atoms with E-state index in [9.17, 15) is 13.2 Å².